The van der Waals surface area contributed by atoms with E-state index in [1.54, 1.807) is 0 Å². The van der Waals surface area contributed by atoms with Gasteiger partial charge < -0.3 is 4.74 Å². The van der Waals surface area contributed by atoms with E-state index in [1.165, 1.54) is 0 Å². The molecule has 1 aliphatic heterocycles. The summed E-state index contributed by atoms with van der Waals surface area (Å²) in [6.07, 6.45) is 0.274. The van der Waals surface area contributed by atoms with Crippen molar-refractivity contribution in [3.8, 4) is 0 Å². The Labute approximate surface area is 106 Å². The molecule has 0 bridgehead atoms. The minimum Gasteiger partial charge on any atom is -0.378 e. The number of hydrogen-bond acceptors (Lipinski definition) is 1. The van der Waals surface area contributed by atoms with Gasteiger partial charge in [0.2, 0.25) is 6.93 Å². The second-order valence-electron chi connectivity index (χ2n) is 3.11. The van der Waals surface area contributed by atoms with E-state index in [0.717, 1.165) is 0 Å². The molecule has 1 heterocycles. The number of halogens is 6. The molecule has 1 fully saturated rings. The Morgan fingerprint density at radius 2 is 1.56 bits per heavy atom. The van der Waals surface area contributed by atoms with Gasteiger partial charge in [-0.15, -0.1) is 0 Å². The van der Waals surface area contributed by atoms with Crippen LogP contribution in [0.1, 0.15) is 34.6 Å². The largest absolute Gasteiger partial charge is 0.378 e. The van der Waals surface area contributed by atoms with Crippen LogP contribution in [0, 0.1) is 0 Å². The zero-order valence-electron chi connectivity index (χ0n) is 9.21. The lowest BCUT2D eigenvalue weighted by Crippen LogP contribution is -2.48. The first kappa shape index (κ1) is 26.2. The molecule has 0 aromatic rings. The van der Waals surface area contributed by atoms with Crippen LogP contribution in [0.5, 0.6) is 0 Å². The van der Waals surface area contributed by atoms with Crippen LogP contribution in [0.15, 0.2) is 0 Å². The second kappa shape index (κ2) is 13.0. The first-order chi connectivity index (χ1) is 7.37. The van der Waals surface area contributed by atoms with Crippen LogP contribution in [0.2, 0.25) is 0 Å². The van der Waals surface area contributed by atoms with Crippen molar-refractivity contribution in [1.29, 1.82) is 0 Å². The summed E-state index contributed by atoms with van der Waals surface area (Å²) >= 11 is 0. The van der Waals surface area contributed by atoms with Crippen LogP contribution < -0.4 is 0 Å². The Balaban J connectivity index is -0.000000124. The average molecular weight is 286 g/mol. The van der Waals surface area contributed by atoms with Gasteiger partial charge in [-0.2, -0.15) is 0 Å². The lowest BCUT2D eigenvalue weighted by atomic mass is 9.93. The summed E-state index contributed by atoms with van der Waals surface area (Å²) in [5, 5.41) is 0. The van der Waals surface area contributed by atoms with Crippen LogP contribution in [0.25, 0.3) is 0 Å². The summed E-state index contributed by atoms with van der Waals surface area (Å²) in [5.74, 6) is -3.28. The minimum absolute atomic E-state index is 0. The molecule has 0 spiro atoms. The number of alkyl halides is 6. The number of hydrogen-bond donors (Lipinski definition) is 0. The monoisotopic (exact) mass is 286 g/mol. The predicted octanol–water partition coefficient (Wildman–Crippen LogP) is 4.90. The molecule has 116 valence electrons. The third kappa shape index (κ3) is 9.56. The van der Waals surface area contributed by atoms with Gasteiger partial charge >= 0.3 is 0 Å². The molecule has 1 aliphatic rings. The molecular formula is C11H24F6O. The van der Waals surface area contributed by atoms with Crippen molar-refractivity contribution in [2.75, 3.05) is 27.3 Å². The highest BCUT2D eigenvalue weighted by Crippen LogP contribution is 2.38. The molecule has 0 saturated carbocycles. The molecule has 0 N–H and O–H groups in total. The second-order valence-corrected chi connectivity index (χ2v) is 3.11. The third-order valence-electron chi connectivity index (χ3n) is 1.98. The summed E-state index contributed by atoms with van der Waals surface area (Å²) in [6.45, 7) is -1.24. The van der Waals surface area contributed by atoms with Crippen LogP contribution in [-0.2, 0) is 4.74 Å². The zero-order valence-corrected chi connectivity index (χ0v) is 9.21. The molecule has 1 saturated heterocycles. The van der Waals surface area contributed by atoms with Gasteiger partial charge in [0.25, 0.3) is 5.92 Å². The highest BCUT2D eigenvalue weighted by Gasteiger charge is 2.51. The minimum atomic E-state index is -3.28. The Hall–Kier alpha value is -0.460. The van der Waals surface area contributed by atoms with Crippen LogP contribution >= 0.6 is 0 Å². The topological polar surface area (TPSA) is 9.23 Å². The molecule has 1 unspecified atom stereocenters. The van der Waals surface area contributed by atoms with Gasteiger partial charge in [0, 0.05) is 13.5 Å². The normalized spacial score (nSPS) is 22.0. The van der Waals surface area contributed by atoms with Crippen molar-refractivity contribution >= 4 is 0 Å². The van der Waals surface area contributed by atoms with E-state index in [9.17, 15) is 26.3 Å². The molecule has 0 aromatic carbocycles. The fourth-order valence-electron chi connectivity index (χ4n) is 1.11. The van der Waals surface area contributed by atoms with Crippen molar-refractivity contribution < 1.29 is 31.1 Å². The molecule has 18 heavy (non-hydrogen) atoms. The van der Waals surface area contributed by atoms with E-state index in [1.807, 2.05) is 0 Å². The first-order valence-corrected chi connectivity index (χ1v) is 4.51. The maximum atomic E-state index is 13.2. The zero-order chi connectivity index (χ0) is 13.2. The Morgan fingerprint density at radius 3 is 1.72 bits per heavy atom. The van der Waals surface area contributed by atoms with Crippen molar-refractivity contribution in [2.45, 2.75) is 46.2 Å². The van der Waals surface area contributed by atoms with Crippen molar-refractivity contribution in [3.05, 3.63) is 0 Å². The molecular weight excluding hydrogens is 262 g/mol. The number of rotatable bonds is 1. The summed E-state index contributed by atoms with van der Waals surface area (Å²) in [7, 11) is 0.500. The van der Waals surface area contributed by atoms with Gasteiger partial charge in [0.1, 0.15) is 0 Å². The van der Waals surface area contributed by atoms with Crippen molar-refractivity contribution in [2.24, 2.45) is 0 Å². The third-order valence-corrected chi connectivity index (χ3v) is 1.98. The van der Waals surface area contributed by atoms with E-state index in [4.69, 9.17) is 0 Å². The fraction of sp³-hybridized carbons (Fsp3) is 1.00. The SMILES string of the molecule is C.C.CC(F)(F)C1(F)CCCOC1.CF.FCF. The highest BCUT2D eigenvalue weighted by atomic mass is 19.3. The molecule has 7 heteroatoms. The maximum Gasteiger partial charge on any atom is 0.281 e. The van der Waals surface area contributed by atoms with Crippen molar-refractivity contribution in [1.82, 2.24) is 0 Å². The predicted molar refractivity (Wildman–Crippen MR) is 62.1 cm³/mol. The Kier molecular flexibility index (Phi) is 18.9. The molecule has 0 radical (unpaired) electrons. The van der Waals surface area contributed by atoms with E-state index in [2.05, 4.69) is 4.74 Å². The fourth-order valence-corrected chi connectivity index (χ4v) is 1.11. The standard InChI is InChI=1S/C7H11F3O.CH2F2.CH3F.2CH4/c1-6(8,9)7(10)3-2-4-11-5-7;2-1-3;1-2;;/h2-5H2,1H3;1H2;1H3;2*1H4. The van der Waals surface area contributed by atoms with Crippen molar-refractivity contribution in [3.63, 3.8) is 0 Å². The highest BCUT2D eigenvalue weighted by molar-refractivity contribution is 4.92. The van der Waals surface area contributed by atoms with E-state index >= 15 is 0 Å². The summed E-state index contributed by atoms with van der Waals surface area (Å²) in [4.78, 5) is 0. The van der Waals surface area contributed by atoms with Crippen LogP contribution in [0.4, 0.5) is 26.3 Å². The molecule has 1 rings (SSSR count). The Morgan fingerprint density at radius 1 is 1.17 bits per heavy atom. The van der Waals surface area contributed by atoms with Gasteiger partial charge in [-0.1, -0.05) is 14.9 Å². The van der Waals surface area contributed by atoms with Gasteiger partial charge in [0.05, 0.1) is 13.8 Å². The molecule has 0 aromatic heterocycles. The van der Waals surface area contributed by atoms with Crippen LogP contribution in [0.3, 0.4) is 0 Å². The smallest absolute Gasteiger partial charge is 0.281 e. The maximum absolute atomic E-state index is 13.2. The lowest BCUT2D eigenvalue weighted by Gasteiger charge is -2.33. The number of ether oxygens (including phenoxy) is 1. The molecule has 1 atom stereocenters. The van der Waals surface area contributed by atoms with Crippen LogP contribution in [-0.4, -0.2) is 38.9 Å². The summed E-state index contributed by atoms with van der Waals surface area (Å²) in [5.41, 5.74) is -2.44. The van der Waals surface area contributed by atoms with Gasteiger partial charge in [-0.3, -0.25) is 4.39 Å². The van der Waals surface area contributed by atoms with Gasteiger partial charge in [-0.05, 0) is 12.8 Å². The Bertz CT molecular complexity index is 154. The van der Waals surface area contributed by atoms with E-state index in [-0.39, 0.29) is 21.3 Å². The average Bonchev–Trinajstić information content (AvgIpc) is 2.21. The van der Waals surface area contributed by atoms with E-state index in [0.29, 0.717) is 27.1 Å². The lowest BCUT2D eigenvalue weighted by molar-refractivity contribution is -0.175. The summed E-state index contributed by atoms with van der Waals surface area (Å²) < 4.78 is 71.7. The molecule has 0 aliphatic carbocycles. The quantitative estimate of drug-likeness (QED) is 0.623. The van der Waals surface area contributed by atoms with Gasteiger partial charge in [-0.25, -0.2) is 22.0 Å². The molecule has 1 nitrogen and oxygen atoms in total. The van der Waals surface area contributed by atoms with Gasteiger partial charge in [0.15, 0.2) is 5.67 Å². The molecule has 0 amide bonds. The first-order valence-electron chi connectivity index (χ1n) is 4.51. The summed E-state index contributed by atoms with van der Waals surface area (Å²) in [6, 6.07) is 0. The van der Waals surface area contributed by atoms with E-state index < -0.39 is 25.1 Å².